The molecule has 0 fully saturated rings. The van der Waals surface area contributed by atoms with Gasteiger partial charge >= 0.3 is 0 Å². The van der Waals surface area contributed by atoms with Crippen molar-refractivity contribution in [3.8, 4) is 0 Å². The quantitative estimate of drug-likeness (QED) is 0.0569. The van der Waals surface area contributed by atoms with Gasteiger partial charge in [0.2, 0.25) is 0 Å². The number of rotatable bonds is 28. The molecule has 0 N–H and O–H groups in total. The van der Waals surface area contributed by atoms with Crippen molar-refractivity contribution in [1.29, 1.82) is 0 Å². The summed E-state index contributed by atoms with van der Waals surface area (Å²) in [5.41, 5.74) is 9.61. The van der Waals surface area contributed by atoms with E-state index in [2.05, 4.69) is 147 Å². The van der Waals surface area contributed by atoms with Gasteiger partial charge in [-0.25, -0.2) is 20.0 Å². The van der Waals surface area contributed by atoms with Crippen LogP contribution >= 0.6 is 124 Å². The number of unbranched alkanes of at least 4 members (excludes halogenated alkanes) is 4. The van der Waals surface area contributed by atoms with E-state index in [0.717, 1.165) is 87.1 Å². The van der Waals surface area contributed by atoms with E-state index in [1.807, 2.05) is 47.0 Å². The fourth-order valence-corrected chi connectivity index (χ4v) is 18.8. The Bertz CT molecular complexity index is 2490. The Morgan fingerprint density at radius 3 is 0.892 bits per heavy atom. The van der Waals surface area contributed by atoms with E-state index in [1.165, 1.54) is 155 Å². The first-order chi connectivity index (χ1) is 36.2. The molecule has 4 aliphatic heterocycles. The number of hydrogen-bond donors (Lipinski definition) is 0. The number of hydrogen-bond acceptors (Lipinski definition) is 12. The monoisotopic (exact) mass is 1270 g/mol. The summed E-state index contributed by atoms with van der Waals surface area (Å²) < 4.78 is 2.29. The highest BCUT2D eigenvalue weighted by Gasteiger charge is 2.39. The van der Waals surface area contributed by atoms with Gasteiger partial charge in [0.15, 0.2) is 0 Å². The maximum atomic E-state index is 5.36. The van der Waals surface area contributed by atoms with Crippen molar-refractivity contribution in [2.75, 3.05) is 23.0 Å². The minimum atomic E-state index is 0.728. The largest absolute Gasteiger partial charge is 0.239 e. The fourth-order valence-electron chi connectivity index (χ4n) is 9.38. The zero-order valence-electron chi connectivity index (χ0n) is 45.0. The number of nitrogens with zero attached hydrogens (tertiary/aromatic N) is 4. The second-order valence-corrected chi connectivity index (χ2v) is 30.5. The summed E-state index contributed by atoms with van der Waals surface area (Å²) in [5.74, 6) is 7.46. The first kappa shape index (κ1) is 60.4. The lowest BCUT2D eigenvalue weighted by molar-refractivity contribution is 0.500. The van der Waals surface area contributed by atoms with E-state index < -0.39 is 0 Å². The molecule has 0 aliphatic carbocycles. The van der Waals surface area contributed by atoms with Crippen molar-refractivity contribution in [3.05, 3.63) is 109 Å². The summed E-state index contributed by atoms with van der Waals surface area (Å²) in [6.45, 7) is 18.5. The predicted molar refractivity (Wildman–Crippen MR) is 353 cm³/mol. The van der Waals surface area contributed by atoms with E-state index in [0.29, 0.717) is 0 Å². The van der Waals surface area contributed by atoms with Crippen LogP contribution in [0.4, 0.5) is 0 Å². The van der Waals surface area contributed by atoms with Gasteiger partial charge in [-0.1, -0.05) is 145 Å². The second kappa shape index (κ2) is 31.6. The minimum absolute atomic E-state index is 0.728. The topological polar surface area (TPSA) is 49.4 Å². The SMILES string of the molecule is CCCCC(CC)CSC1=NC(c2ccc(Br)s2)=C2C(SCC(CC)CCCC)=NC(c3ccc(Br)s3)=C12.CCCCC(CC)CSC1=NC(c2cccs2)=C2C(SCC(CC)CCCC)=NC(c3cccs3)=C12. The van der Waals surface area contributed by atoms with E-state index in [9.17, 15) is 0 Å². The molecule has 0 bridgehead atoms. The molecule has 0 radical (unpaired) electrons. The van der Waals surface area contributed by atoms with Crippen LogP contribution in [-0.4, -0.2) is 43.2 Å². The molecule has 4 aromatic heterocycles. The van der Waals surface area contributed by atoms with Gasteiger partial charge in [-0.3, -0.25) is 0 Å². The Morgan fingerprint density at radius 2 is 0.676 bits per heavy atom. The van der Waals surface area contributed by atoms with Crippen LogP contribution in [0.15, 0.2) is 109 Å². The predicted octanol–water partition coefficient (Wildman–Crippen LogP) is 22.8. The molecule has 0 saturated heterocycles. The van der Waals surface area contributed by atoms with Crippen LogP contribution in [0.3, 0.4) is 0 Å². The van der Waals surface area contributed by atoms with E-state index in [4.69, 9.17) is 20.0 Å². The minimum Gasteiger partial charge on any atom is -0.239 e. The van der Waals surface area contributed by atoms with Crippen molar-refractivity contribution in [2.45, 2.75) is 158 Å². The second-order valence-electron chi connectivity index (χ2n) is 19.6. The molecule has 4 aromatic rings. The number of fused-ring (bicyclic) bond motifs is 2. The van der Waals surface area contributed by atoms with Crippen LogP contribution in [-0.2, 0) is 0 Å². The van der Waals surface area contributed by atoms with Gasteiger partial charge in [0, 0.05) is 45.3 Å². The summed E-state index contributed by atoms with van der Waals surface area (Å²) in [5, 5.41) is 9.02. The normalized spacial score (nSPS) is 16.9. The Morgan fingerprint density at radius 1 is 0.392 bits per heavy atom. The van der Waals surface area contributed by atoms with Gasteiger partial charge in [-0.15, -0.1) is 92.4 Å². The molecule has 74 heavy (non-hydrogen) atoms. The molecule has 14 heteroatoms. The summed E-state index contributed by atoms with van der Waals surface area (Å²) in [7, 11) is 0. The lowest BCUT2D eigenvalue weighted by atomic mass is 10.0. The van der Waals surface area contributed by atoms with Crippen LogP contribution < -0.4 is 0 Å². The molecule has 400 valence electrons. The standard InChI is InChI=1S/C30H38Br2N2S4.C30H40N2S4/c1-5-9-11-19(7-3)17-35-29-25-26(28(33-29)22-14-16-24(32)38-22)30(36-18-20(8-4)12-10-6-2)34-27(25)21-13-15-23(31)37-21;1-5-9-13-21(7-3)19-35-29-25-26(28(31-29)24-16-12-18-34-24)30(32-27(25)23-15-11-17-33-23)36-20-22(8-4)14-10-6-2/h13-16,19-20H,5-12,17-18H2,1-4H3;11-12,15-18,21-22H,5-10,13-14,19-20H2,1-4H3. The van der Waals surface area contributed by atoms with Gasteiger partial charge in [0.1, 0.15) is 20.2 Å². The molecule has 0 spiro atoms. The van der Waals surface area contributed by atoms with Gasteiger partial charge < -0.3 is 0 Å². The Balaban J connectivity index is 0.000000217. The maximum Gasteiger partial charge on any atom is 0.107 e. The van der Waals surface area contributed by atoms with Gasteiger partial charge in [-0.2, -0.15) is 0 Å². The molecule has 8 rings (SSSR count). The lowest BCUT2D eigenvalue weighted by Crippen LogP contribution is -2.08. The van der Waals surface area contributed by atoms with Crippen LogP contribution in [0.25, 0.3) is 22.8 Å². The van der Waals surface area contributed by atoms with Crippen LogP contribution in [0, 0.1) is 23.7 Å². The molecule has 4 nitrogen and oxygen atoms in total. The lowest BCUT2D eigenvalue weighted by Gasteiger charge is -2.15. The summed E-state index contributed by atoms with van der Waals surface area (Å²) in [6.07, 6.45) is 20.5. The van der Waals surface area contributed by atoms with Crippen molar-refractivity contribution >= 4 is 167 Å². The third kappa shape index (κ3) is 16.0. The first-order valence-corrected chi connectivity index (χ1v) is 36.5. The maximum absolute atomic E-state index is 5.36. The average Bonchev–Trinajstić information content (AvgIpc) is 4.29. The highest BCUT2D eigenvalue weighted by atomic mass is 79.9. The molecule has 0 amide bonds. The van der Waals surface area contributed by atoms with E-state index in [1.54, 1.807) is 45.3 Å². The van der Waals surface area contributed by atoms with Crippen LogP contribution in [0.1, 0.15) is 178 Å². The third-order valence-electron chi connectivity index (χ3n) is 14.3. The zero-order valence-corrected chi connectivity index (χ0v) is 54.7. The van der Waals surface area contributed by atoms with Crippen LogP contribution in [0.2, 0.25) is 0 Å². The summed E-state index contributed by atoms with van der Waals surface area (Å²) >= 11 is 22.3. The summed E-state index contributed by atoms with van der Waals surface area (Å²) in [4.78, 5) is 26.3. The summed E-state index contributed by atoms with van der Waals surface area (Å²) in [6, 6.07) is 17.4. The van der Waals surface area contributed by atoms with Gasteiger partial charge in [0.25, 0.3) is 0 Å². The number of aliphatic imine (C=N–C) groups is 4. The highest BCUT2D eigenvalue weighted by Crippen LogP contribution is 2.51. The van der Waals surface area contributed by atoms with Crippen molar-refractivity contribution in [2.24, 2.45) is 43.6 Å². The molecule has 4 atom stereocenters. The van der Waals surface area contributed by atoms with E-state index in [-0.39, 0.29) is 0 Å². The number of halogens is 2. The molecule has 4 unspecified atom stereocenters. The van der Waals surface area contributed by atoms with Crippen molar-refractivity contribution in [3.63, 3.8) is 0 Å². The number of thioether (sulfide) groups is 4. The Hall–Kier alpha value is -1.20. The highest BCUT2D eigenvalue weighted by molar-refractivity contribution is 9.11. The first-order valence-electron chi connectivity index (χ1n) is 27.6. The Labute approximate surface area is 495 Å². The van der Waals surface area contributed by atoms with Gasteiger partial charge in [-0.05, 0) is 128 Å². The third-order valence-corrected chi connectivity index (χ3v) is 24.1. The zero-order chi connectivity index (χ0) is 52.4. The molecular formula is C60H78Br2N4S8. The Kier molecular flexibility index (Phi) is 25.8. The fraction of sp³-hybridized carbons (Fsp3) is 0.533. The molecule has 0 saturated carbocycles. The van der Waals surface area contributed by atoms with E-state index >= 15 is 0 Å². The molecule has 8 heterocycles. The van der Waals surface area contributed by atoms with Crippen molar-refractivity contribution in [1.82, 2.24) is 0 Å². The molecular weight excluding hydrogens is 1190 g/mol. The average molecular weight is 1270 g/mol. The molecule has 4 aliphatic rings. The smallest absolute Gasteiger partial charge is 0.107 e. The number of thiophene rings is 4. The van der Waals surface area contributed by atoms with Crippen LogP contribution in [0.5, 0.6) is 0 Å². The van der Waals surface area contributed by atoms with Gasteiger partial charge in [0.05, 0.1) is 49.9 Å². The molecule has 0 aromatic carbocycles. The van der Waals surface area contributed by atoms with Crippen molar-refractivity contribution < 1.29 is 0 Å².